The maximum Gasteiger partial charge on any atom is 0.0398 e. The molecule has 2 heteroatoms. The Hall–Kier alpha value is -1.02. The zero-order valence-corrected chi connectivity index (χ0v) is 12.1. The first-order chi connectivity index (χ1) is 8.58. The SMILES string of the molecule is CC(C)c1ccc(NC2CCNC2)c(C(C)C)c1. The Labute approximate surface area is 111 Å². The van der Waals surface area contributed by atoms with E-state index in [1.54, 1.807) is 0 Å². The summed E-state index contributed by atoms with van der Waals surface area (Å²) in [6.45, 7) is 11.3. The van der Waals surface area contributed by atoms with Gasteiger partial charge in [-0.05, 0) is 42.0 Å². The Kier molecular flexibility index (Phi) is 4.28. The van der Waals surface area contributed by atoms with Crippen molar-refractivity contribution in [3.05, 3.63) is 29.3 Å². The Balaban J connectivity index is 2.22. The summed E-state index contributed by atoms with van der Waals surface area (Å²) < 4.78 is 0. The molecule has 0 aliphatic carbocycles. The molecule has 1 heterocycles. The van der Waals surface area contributed by atoms with Crippen LogP contribution in [0.4, 0.5) is 5.69 Å². The van der Waals surface area contributed by atoms with Gasteiger partial charge in [0.15, 0.2) is 0 Å². The number of nitrogens with one attached hydrogen (secondary N) is 2. The van der Waals surface area contributed by atoms with Crippen molar-refractivity contribution in [1.82, 2.24) is 5.32 Å². The van der Waals surface area contributed by atoms with E-state index < -0.39 is 0 Å². The lowest BCUT2D eigenvalue weighted by molar-refractivity contribution is 0.781. The van der Waals surface area contributed by atoms with Crippen molar-refractivity contribution in [1.29, 1.82) is 0 Å². The summed E-state index contributed by atoms with van der Waals surface area (Å²) in [5, 5.41) is 7.10. The first-order valence-corrected chi connectivity index (χ1v) is 7.19. The molecule has 1 aromatic carbocycles. The molecule has 0 saturated carbocycles. The predicted molar refractivity (Wildman–Crippen MR) is 79.5 cm³/mol. The third kappa shape index (κ3) is 3.05. The molecule has 0 aromatic heterocycles. The summed E-state index contributed by atoms with van der Waals surface area (Å²) in [5.74, 6) is 1.17. The largest absolute Gasteiger partial charge is 0.381 e. The van der Waals surface area contributed by atoms with E-state index in [9.17, 15) is 0 Å². The molecular weight excluding hydrogens is 220 g/mol. The van der Waals surface area contributed by atoms with Crippen LogP contribution in [0, 0.1) is 0 Å². The minimum atomic E-state index is 0.570. The van der Waals surface area contributed by atoms with Crippen molar-refractivity contribution in [2.45, 2.75) is 52.0 Å². The van der Waals surface area contributed by atoms with Gasteiger partial charge >= 0.3 is 0 Å². The van der Waals surface area contributed by atoms with Crippen molar-refractivity contribution in [2.75, 3.05) is 18.4 Å². The van der Waals surface area contributed by atoms with E-state index in [-0.39, 0.29) is 0 Å². The average Bonchev–Trinajstić information content (AvgIpc) is 2.81. The minimum Gasteiger partial charge on any atom is -0.381 e. The van der Waals surface area contributed by atoms with Crippen LogP contribution in [0.1, 0.15) is 57.1 Å². The van der Waals surface area contributed by atoms with Crippen LogP contribution in [0.3, 0.4) is 0 Å². The molecule has 1 atom stereocenters. The van der Waals surface area contributed by atoms with Gasteiger partial charge in [-0.25, -0.2) is 0 Å². The normalized spacial score (nSPS) is 19.8. The van der Waals surface area contributed by atoms with Gasteiger partial charge in [0.05, 0.1) is 0 Å². The molecule has 1 aliphatic heterocycles. The third-order valence-electron chi connectivity index (χ3n) is 3.78. The van der Waals surface area contributed by atoms with E-state index >= 15 is 0 Å². The molecule has 1 saturated heterocycles. The van der Waals surface area contributed by atoms with E-state index in [2.05, 4.69) is 56.5 Å². The summed E-state index contributed by atoms with van der Waals surface area (Å²) in [6.07, 6.45) is 1.23. The van der Waals surface area contributed by atoms with Crippen LogP contribution in [-0.4, -0.2) is 19.1 Å². The van der Waals surface area contributed by atoms with Gasteiger partial charge in [0.25, 0.3) is 0 Å². The molecule has 0 amide bonds. The van der Waals surface area contributed by atoms with E-state index in [1.807, 2.05) is 0 Å². The molecule has 0 radical (unpaired) electrons. The van der Waals surface area contributed by atoms with Gasteiger partial charge < -0.3 is 10.6 Å². The highest BCUT2D eigenvalue weighted by atomic mass is 15.0. The molecule has 1 aromatic rings. The number of benzene rings is 1. The maximum atomic E-state index is 3.69. The summed E-state index contributed by atoms with van der Waals surface area (Å²) in [5.41, 5.74) is 4.21. The molecular formula is C16H26N2. The highest BCUT2D eigenvalue weighted by molar-refractivity contribution is 5.55. The fraction of sp³-hybridized carbons (Fsp3) is 0.625. The minimum absolute atomic E-state index is 0.570. The second-order valence-electron chi connectivity index (χ2n) is 5.99. The quantitative estimate of drug-likeness (QED) is 0.846. The van der Waals surface area contributed by atoms with Crippen molar-refractivity contribution < 1.29 is 0 Å². The van der Waals surface area contributed by atoms with Gasteiger partial charge in [0.1, 0.15) is 0 Å². The van der Waals surface area contributed by atoms with E-state index in [0.717, 1.165) is 13.1 Å². The van der Waals surface area contributed by atoms with Gasteiger partial charge in [0, 0.05) is 18.3 Å². The zero-order chi connectivity index (χ0) is 13.1. The van der Waals surface area contributed by atoms with E-state index in [1.165, 1.54) is 23.2 Å². The standard InChI is InChI=1S/C16H26N2/c1-11(2)13-5-6-16(15(9-13)12(3)4)18-14-7-8-17-10-14/h5-6,9,11-12,14,17-18H,7-8,10H2,1-4H3. The van der Waals surface area contributed by atoms with Crippen molar-refractivity contribution in [3.63, 3.8) is 0 Å². The molecule has 100 valence electrons. The number of rotatable bonds is 4. The summed E-state index contributed by atoms with van der Waals surface area (Å²) in [6, 6.07) is 7.50. The van der Waals surface area contributed by atoms with Gasteiger partial charge in [-0.2, -0.15) is 0 Å². The lowest BCUT2D eigenvalue weighted by atomic mass is 9.94. The highest BCUT2D eigenvalue weighted by Gasteiger charge is 2.16. The van der Waals surface area contributed by atoms with Gasteiger partial charge in [-0.15, -0.1) is 0 Å². The third-order valence-corrected chi connectivity index (χ3v) is 3.78. The first kappa shape index (κ1) is 13.4. The maximum absolute atomic E-state index is 3.69. The van der Waals surface area contributed by atoms with Crippen molar-refractivity contribution >= 4 is 5.69 Å². The van der Waals surface area contributed by atoms with Crippen LogP contribution in [0.15, 0.2) is 18.2 Å². The Morgan fingerprint density at radius 1 is 1.17 bits per heavy atom. The van der Waals surface area contributed by atoms with Gasteiger partial charge in [0.2, 0.25) is 0 Å². The fourth-order valence-corrected chi connectivity index (χ4v) is 2.55. The average molecular weight is 246 g/mol. The van der Waals surface area contributed by atoms with Crippen molar-refractivity contribution in [3.8, 4) is 0 Å². The summed E-state index contributed by atoms with van der Waals surface area (Å²) in [4.78, 5) is 0. The molecule has 2 N–H and O–H groups in total. The monoisotopic (exact) mass is 246 g/mol. The molecule has 0 spiro atoms. The Bertz CT molecular complexity index is 390. The zero-order valence-electron chi connectivity index (χ0n) is 12.1. The van der Waals surface area contributed by atoms with E-state index in [0.29, 0.717) is 17.9 Å². The summed E-state index contributed by atoms with van der Waals surface area (Å²) in [7, 11) is 0. The van der Waals surface area contributed by atoms with Crippen LogP contribution < -0.4 is 10.6 Å². The van der Waals surface area contributed by atoms with Gasteiger partial charge in [-0.1, -0.05) is 39.8 Å². The van der Waals surface area contributed by atoms with Crippen LogP contribution in [0.5, 0.6) is 0 Å². The lowest BCUT2D eigenvalue weighted by Gasteiger charge is -2.20. The molecule has 2 nitrogen and oxygen atoms in total. The highest BCUT2D eigenvalue weighted by Crippen LogP contribution is 2.29. The van der Waals surface area contributed by atoms with Crippen LogP contribution >= 0.6 is 0 Å². The Morgan fingerprint density at radius 3 is 2.50 bits per heavy atom. The topological polar surface area (TPSA) is 24.1 Å². The molecule has 0 bridgehead atoms. The molecule has 1 aliphatic rings. The molecule has 18 heavy (non-hydrogen) atoms. The number of hydrogen-bond donors (Lipinski definition) is 2. The fourth-order valence-electron chi connectivity index (χ4n) is 2.55. The smallest absolute Gasteiger partial charge is 0.0398 e. The first-order valence-electron chi connectivity index (χ1n) is 7.19. The molecule has 1 unspecified atom stereocenters. The van der Waals surface area contributed by atoms with Crippen LogP contribution in [0.2, 0.25) is 0 Å². The number of anilines is 1. The second kappa shape index (κ2) is 5.75. The lowest BCUT2D eigenvalue weighted by Crippen LogP contribution is -2.23. The summed E-state index contributed by atoms with van der Waals surface area (Å²) >= 11 is 0. The molecule has 2 rings (SSSR count). The molecule has 1 fully saturated rings. The van der Waals surface area contributed by atoms with Crippen LogP contribution in [0.25, 0.3) is 0 Å². The number of hydrogen-bond acceptors (Lipinski definition) is 2. The van der Waals surface area contributed by atoms with Crippen LogP contribution in [-0.2, 0) is 0 Å². The Morgan fingerprint density at radius 2 is 1.94 bits per heavy atom. The van der Waals surface area contributed by atoms with Gasteiger partial charge in [-0.3, -0.25) is 0 Å². The van der Waals surface area contributed by atoms with Crippen molar-refractivity contribution in [2.24, 2.45) is 0 Å². The second-order valence-corrected chi connectivity index (χ2v) is 5.99. The van der Waals surface area contributed by atoms with E-state index in [4.69, 9.17) is 0 Å². The predicted octanol–water partition coefficient (Wildman–Crippen LogP) is 3.71.